The van der Waals surface area contributed by atoms with E-state index in [4.69, 9.17) is 0 Å². The van der Waals surface area contributed by atoms with Gasteiger partial charge in [0.05, 0.1) is 11.3 Å². The third-order valence-electron chi connectivity index (χ3n) is 3.72. The molecule has 0 saturated carbocycles. The second-order valence-corrected chi connectivity index (χ2v) is 8.42. The number of carbonyl (C=O) groups is 1. The van der Waals surface area contributed by atoms with E-state index in [1.807, 2.05) is 30.8 Å². The van der Waals surface area contributed by atoms with E-state index < -0.39 is 21.0 Å². The van der Waals surface area contributed by atoms with E-state index in [0.717, 1.165) is 10.9 Å². The Labute approximate surface area is 136 Å². The zero-order valence-corrected chi connectivity index (χ0v) is 14.7. The van der Waals surface area contributed by atoms with Crippen molar-refractivity contribution in [2.45, 2.75) is 45.4 Å². The van der Waals surface area contributed by atoms with Crippen molar-refractivity contribution in [1.82, 2.24) is 9.78 Å². The number of hydrogen-bond acceptors (Lipinski definition) is 4. The molecule has 6 nitrogen and oxygen atoms in total. The summed E-state index contributed by atoms with van der Waals surface area (Å²) >= 11 is 0. The summed E-state index contributed by atoms with van der Waals surface area (Å²) in [4.78, 5) is 12.2. The van der Waals surface area contributed by atoms with E-state index in [9.17, 15) is 13.2 Å². The Bertz CT molecular complexity index is 809. The fraction of sp³-hybridized carbons (Fsp3) is 0.500. The normalized spacial score (nSPS) is 13.4. The van der Waals surface area contributed by atoms with Gasteiger partial charge in [-0.15, -0.1) is 0 Å². The Morgan fingerprint density at radius 2 is 2.00 bits per heavy atom. The smallest absolute Gasteiger partial charge is 0.242 e. The predicted molar refractivity (Wildman–Crippen MR) is 92.3 cm³/mol. The van der Waals surface area contributed by atoms with Crippen LogP contribution in [0.1, 0.15) is 40.2 Å². The van der Waals surface area contributed by atoms with Crippen LogP contribution in [0.5, 0.6) is 0 Å². The number of nitrogens with one attached hydrogen (secondary N) is 1. The molecule has 0 aliphatic heterocycles. The Morgan fingerprint density at radius 1 is 1.30 bits per heavy atom. The lowest BCUT2D eigenvalue weighted by molar-refractivity contribution is -0.115. The summed E-state index contributed by atoms with van der Waals surface area (Å²) in [6.45, 7) is 7.27. The summed E-state index contributed by atoms with van der Waals surface area (Å²) < 4.78 is 25.8. The lowest BCUT2D eigenvalue weighted by atomic mass is 10.2. The van der Waals surface area contributed by atoms with Crippen LogP contribution in [-0.2, 0) is 14.6 Å². The number of nitrogens with zero attached hydrogens (tertiary/aromatic N) is 2. The van der Waals surface area contributed by atoms with E-state index in [0.29, 0.717) is 12.1 Å². The van der Waals surface area contributed by atoms with Crippen molar-refractivity contribution in [2.24, 2.45) is 0 Å². The largest absolute Gasteiger partial charge is 0.325 e. The molecule has 0 aliphatic carbocycles. The summed E-state index contributed by atoms with van der Waals surface area (Å²) in [6, 6.07) is 5.62. The Hall–Kier alpha value is -1.89. The number of sulfone groups is 1. The molecule has 126 valence electrons. The van der Waals surface area contributed by atoms with Gasteiger partial charge >= 0.3 is 0 Å². The van der Waals surface area contributed by atoms with Gasteiger partial charge in [0, 0.05) is 23.3 Å². The molecule has 1 aromatic carbocycles. The minimum absolute atomic E-state index is 0.0133. The minimum atomic E-state index is -3.41. The second kappa shape index (κ2) is 6.70. The highest BCUT2D eigenvalue weighted by Crippen LogP contribution is 2.20. The standard InChI is InChI=1S/C16H23N3O3S/c1-5-8-23(21,22)12(4)16(20)17-14-7-6-13-10-19(11(2)3)18-15(13)9-14/h6-7,9-12H,5,8H2,1-4H3,(H,17,20)/t12-/m0/s1. The van der Waals surface area contributed by atoms with Crippen molar-refractivity contribution in [3.63, 3.8) is 0 Å². The van der Waals surface area contributed by atoms with Crippen LogP contribution >= 0.6 is 0 Å². The maximum absolute atomic E-state index is 12.2. The Morgan fingerprint density at radius 3 is 2.61 bits per heavy atom. The molecule has 0 radical (unpaired) electrons. The first-order valence-electron chi connectivity index (χ1n) is 7.76. The number of anilines is 1. The zero-order valence-electron chi connectivity index (χ0n) is 13.9. The van der Waals surface area contributed by atoms with E-state index in [2.05, 4.69) is 10.4 Å². The van der Waals surface area contributed by atoms with Crippen molar-refractivity contribution >= 4 is 32.3 Å². The zero-order chi connectivity index (χ0) is 17.2. The van der Waals surface area contributed by atoms with E-state index >= 15 is 0 Å². The van der Waals surface area contributed by atoms with E-state index in [1.165, 1.54) is 6.92 Å². The highest BCUT2D eigenvalue weighted by Gasteiger charge is 2.27. The molecular formula is C16H23N3O3S. The van der Waals surface area contributed by atoms with Gasteiger partial charge in [-0.25, -0.2) is 8.42 Å². The fourth-order valence-electron chi connectivity index (χ4n) is 2.25. The van der Waals surface area contributed by atoms with E-state index in [-0.39, 0.29) is 11.8 Å². The van der Waals surface area contributed by atoms with Crippen LogP contribution in [0.25, 0.3) is 10.9 Å². The maximum Gasteiger partial charge on any atom is 0.242 e. The summed E-state index contributed by atoms with van der Waals surface area (Å²) in [6.07, 6.45) is 2.44. The van der Waals surface area contributed by atoms with Crippen LogP contribution < -0.4 is 5.32 Å². The lowest BCUT2D eigenvalue weighted by Gasteiger charge is -2.12. The molecule has 1 aromatic heterocycles. The molecule has 2 aromatic rings. The Balaban J connectivity index is 2.19. The number of carbonyl (C=O) groups excluding carboxylic acids is 1. The number of hydrogen-bond donors (Lipinski definition) is 1. The van der Waals surface area contributed by atoms with Gasteiger partial charge in [-0.3, -0.25) is 9.48 Å². The first kappa shape index (κ1) is 17.5. The number of fused-ring (bicyclic) bond motifs is 1. The van der Waals surface area contributed by atoms with Gasteiger partial charge in [-0.2, -0.15) is 5.10 Å². The van der Waals surface area contributed by atoms with Gasteiger partial charge in [0.1, 0.15) is 5.25 Å². The number of amides is 1. The highest BCUT2D eigenvalue weighted by atomic mass is 32.2. The molecule has 0 unspecified atom stereocenters. The lowest BCUT2D eigenvalue weighted by Crippen LogP contribution is -2.34. The van der Waals surface area contributed by atoms with Gasteiger partial charge < -0.3 is 5.32 Å². The van der Waals surface area contributed by atoms with Crippen molar-refractivity contribution in [3.05, 3.63) is 24.4 Å². The summed E-state index contributed by atoms with van der Waals surface area (Å²) in [5, 5.41) is 7.03. The number of aromatic nitrogens is 2. The average molecular weight is 337 g/mol. The quantitative estimate of drug-likeness (QED) is 0.879. The fourth-order valence-corrected chi connectivity index (χ4v) is 3.55. The third-order valence-corrected chi connectivity index (χ3v) is 5.99. The van der Waals surface area contributed by atoms with Gasteiger partial charge in [-0.1, -0.05) is 6.92 Å². The molecule has 2 rings (SSSR count). The molecule has 0 fully saturated rings. The molecular weight excluding hydrogens is 314 g/mol. The van der Waals surface area contributed by atoms with Crippen LogP contribution in [0, 0.1) is 0 Å². The third kappa shape index (κ3) is 3.90. The average Bonchev–Trinajstić information content (AvgIpc) is 2.89. The van der Waals surface area contributed by atoms with Crippen LogP contribution in [0.2, 0.25) is 0 Å². The van der Waals surface area contributed by atoms with Crippen molar-refractivity contribution in [1.29, 1.82) is 0 Å². The molecule has 0 aliphatic rings. The van der Waals surface area contributed by atoms with Gasteiger partial charge in [-0.05, 0) is 45.4 Å². The number of rotatable bonds is 6. The summed E-state index contributed by atoms with van der Waals surface area (Å²) in [7, 11) is -3.41. The van der Waals surface area contributed by atoms with Crippen LogP contribution in [0.3, 0.4) is 0 Å². The van der Waals surface area contributed by atoms with Crippen LogP contribution in [0.4, 0.5) is 5.69 Å². The molecule has 23 heavy (non-hydrogen) atoms. The molecule has 1 atom stereocenters. The highest BCUT2D eigenvalue weighted by molar-refractivity contribution is 7.92. The van der Waals surface area contributed by atoms with Crippen molar-refractivity contribution < 1.29 is 13.2 Å². The summed E-state index contributed by atoms with van der Waals surface area (Å²) in [5.41, 5.74) is 1.32. The predicted octanol–water partition coefficient (Wildman–Crippen LogP) is 2.77. The molecule has 1 heterocycles. The van der Waals surface area contributed by atoms with Crippen LogP contribution in [0.15, 0.2) is 24.4 Å². The van der Waals surface area contributed by atoms with Gasteiger partial charge in [0.2, 0.25) is 5.91 Å². The monoisotopic (exact) mass is 337 g/mol. The number of benzene rings is 1. The molecule has 0 bridgehead atoms. The van der Waals surface area contributed by atoms with Gasteiger partial charge in [0.25, 0.3) is 0 Å². The minimum Gasteiger partial charge on any atom is -0.325 e. The van der Waals surface area contributed by atoms with E-state index in [1.54, 1.807) is 19.1 Å². The van der Waals surface area contributed by atoms with Crippen molar-refractivity contribution in [3.8, 4) is 0 Å². The first-order chi connectivity index (χ1) is 10.7. The summed E-state index contributed by atoms with van der Waals surface area (Å²) in [5.74, 6) is -0.500. The molecule has 1 amide bonds. The topological polar surface area (TPSA) is 81.1 Å². The maximum atomic E-state index is 12.2. The molecule has 0 saturated heterocycles. The SMILES string of the molecule is CCCS(=O)(=O)[C@@H](C)C(=O)Nc1ccc2cn(C(C)C)nc2c1. The van der Waals surface area contributed by atoms with Crippen LogP contribution in [-0.4, -0.2) is 35.1 Å². The molecule has 7 heteroatoms. The molecule has 0 spiro atoms. The molecule has 1 N–H and O–H groups in total. The van der Waals surface area contributed by atoms with Gasteiger partial charge in [0.15, 0.2) is 9.84 Å². The van der Waals surface area contributed by atoms with Crippen molar-refractivity contribution in [2.75, 3.05) is 11.1 Å². The first-order valence-corrected chi connectivity index (χ1v) is 9.47. The second-order valence-electron chi connectivity index (χ2n) is 5.97. The Kier molecular flexibility index (Phi) is 5.09.